The predicted molar refractivity (Wildman–Crippen MR) is 175 cm³/mol. The van der Waals surface area contributed by atoms with Gasteiger partial charge in [-0.3, -0.25) is 0 Å². The van der Waals surface area contributed by atoms with E-state index >= 15 is 0 Å². The monoisotopic (exact) mass is 668 g/mol. The summed E-state index contributed by atoms with van der Waals surface area (Å²) in [6, 6.07) is 31.0. The summed E-state index contributed by atoms with van der Waals surface area (Å²) in [6.45, 7) is 2.70. The summed E-state index contributed by atoms with van der Waals surface area (Å²) in [5.41, 5.74) is 3.43. The second-order valence-electron chi connectivity index (χ2n) is 11.4. The van der Waals surface area contributed by atoms with E-state index in [-0.39, 0.29) is 17.0 Å². The van der Waals surface area contributed by atoms with E-state index in [4.69, 9.17) is 4.74 Å². The van der Waals surface area contributed by atoms with Crippen molar-refractivity contribution in [1.29, 1.82) is 0 Å². The molecule has 0 bridgehead atoms. The molecule has 4 aromatic carbocycles. The summed E-state index contributed by atoms with van der Waals surface area (Å²) in [5.74, 6) is 0.0354. The Bertz CT molecular complexity index is 1580. The third-order valence-corrected chi connectivity index (χ3v) is 13.2. The summed E-state index contributed by atoms with van der Waals surface area (Å²) in [7, 11) is 0. The van der Waals surface area contributed by atoms with Gasteiger partial charge in [0.1, 0.15) is 0 Å². The number of anilines is 1. The fraction of sp³-hybridized carbons (Fsp3) is 0.250. The van der Waals surface area contributed by atoms with Gasteiger partial charge in [0.15, 0.2) is 0 Å². The number of hydrogen-bond donors (Lipinski definition) is 3. The van der Waals surface area contributed by atoms with Gasteiger partial charge >= 0.3 is 269 Å². The summed E-state index contributed by atoms with van der Waals surface area (Å²) in [5, 5.41) is 23.9. The van der Waals surface area contributed by atoms with Crippen LogP contribution in [0.25, 0.3) is 0 Å². The Balaban J connectivity index is 1.22. The Hall–Kier alpha value is -4.39. The van der Waals surface area contributed by atoms with Crippen LogP contribution >= 0.6 is 0 Å². The molecule has 8 nitrogen and oxygen atoms in total. The molecule has 1 heterocycles. The molecule has 5 rings (SSSR count). The number of carbonyl (C=O) groups is 3. The number of likely N-dealkylation sites (tertiary alicyclic amines) is 1. The molecular formula is C36H37AsN2O6. The van der Waals surface area contributed by atoms with Gasteiger partial charge in [-0.15, -0.1) is 0 Å². The number of rotatable bonds is 13. The van der Waals surface area contributed by atoms with Crippen molar-refractivity contribution >= 4 is 38.2 Å². The molecule has 1 amide bonds. The number of carboxylic acid groups (broad SMARTS) is 2. The third-order valence-electron chi connectivity index (χ3n) is 7.82. The zero-order chi connectivity index (χ0) is 31.6. The molecule has 0 saturated carbocycles. The molecule has 2 unspecified atom stereocenters. The number of piperidine rings is 1. The maximum absolute atomic E-state index is 13.3. The van der Waals surface area contributed by atoms with Gasteiger partial charge in [-0.05, 0) is 0 Å². The standard InChI is InChI=1S/C36H37AsN2O6/c40-34(38-31-16-18-33(19-17-31)45-32-6-2-1-3-7-32)23-37(21-26-8-12-29(13-9-26)35(41)42)22-28-5-4-20-39(25-28)24-27-10-14-30(15-11-27)36(43)44/h1-3,6-19,28H,4-5,20-25H2,(H,38,40)(H,41,42)(H,43,44). The van der Waals surface area contributed by atoms with E-state index in [0.29, 0.717) is 16.9 Å². The second-order valence-corrected chi connectivity index (χ2v) is 16.3. The van der Waals surface area contributed by atoms with E-state index < -0.39 is 26.6 Å². The van der Waals surface area contributed by atoms with Crippen molar-refractivity contribution in [3.63, 3.8) is 0 Å². The van der Waals surface area contributed by atoms with E-state index in [1.165, 1.54) is 0 Å². The average Bonchev–Trinajstić information content (AvgIpc) is 3.03. The van der Waals surface area contributed by atoms with Gasteiger partial charge in [0, 0.05) is 0 Å². The molecule has 232 valence electrons. The summed E-state index contributed by atoms with van der Waals surface area (Å²) in [4.78, 5) is 38.3. The number of aromatic carboxylic acids is 2. The van der Waals surface area contributed by atoms with E-state index in [1.54, 1.807) is 24.3 Å². The van der Waals surface area contributed by atoms with E-state index in [0.717, 1.165) is 65.5 Å². The molecule has 0 radical (unpaired) electrons. The molecule has 9 heteroatoms. The van der Waals surface area contributed by atoms with E-state index in [9.17, 15) is 24.6 Å². The topological polar surface area (TPSA) is 116 Å². The molecule has 45 heavy (non-hydrogen) atoms. The fourth-order valence-electron chi connectivity index (χ4n) is 5.65. The van der Waals surface area contributed by atoms with Crippen molar-refractivity contribution in [3.8, 4) is 11.5 Å². The average molecular weight is 669 g/mol. The van der Waals surface area contributed by atoms with E-state index in [2.05, 4.69) is 10.2 Å². The number of nitrogens with zero attached hydrogens (tertiary/aromatic N) is 1. The van der Waals surface area contributed by atoms with Crippen LogP contribution in [0.2, 0.25) is 10.4 Å². The van der Waals surface area contributed by atoms with Gasteiger partial charge in [0.05, 0.1) is 0 Å². The number of para-hydroxylation sites is 1. The first kappa shape index (κ1) is 32.0. The van der Waals surface area contributed by atoms with Gasteiger partial charge in [0.2, 0.25) is 0 Å². The summed E-state index contributed by atoms with van der Waals surface area (Å²) < 4.78 is 5.87. The number of ether oxygens (including phenoxy) is 1. The molecule has 0 aromatic heterocycles. The molecular weight excluding hydrogens is 631 g/mol. The number of amides is 1. The normalized spacial score (nSPS) is 15.6. The maximum atomic E-state index is 13.3. The zero-order valence-electron chi connectivity index (χ0n) is 25.0. The first-order chi connectivity index (χ1) is 21.8. The van der Waals surface area contributed by atoms with Crippen molar-refractivity contribution in [2.75, 3.05) is 18.4 Å². The Morgan fingerprint density at radius 3 is 2.00 bits per heavy atom. The van der Waals surface area contributed by atoms with Crippen molar-refractivity contribution < 1.29 is 29.3 Å². The quantitative estimate of drug-likeness (QED) is 0.131. The molecule has 1 fully saturated rings. The van der Waals surface area contributed by atoms with Gasteiger partial charge in [-0.1, -0.05) is 0 Å². The first-order valence-electron chi connectivity index (χ1n) is 15.0. The minimum atomic E-state index is -1.72. The van der Waals surface area contributed by atoms with Crippen LogP contribution in [0.4, 0.5) is 5.69 Å². The van der Waals surface area contributed by atoms with Gasteiger partial charge < -0.3 is 0 Å². The van der Waals surface area contributed by atoms with Crippen LogP contribution in [-0.4, -0.2) is 60.7 Å². The van der Waals surface area contributed by atoms with Crippen LogP contribution in [0, 0.1) is 5.92 Å². The molecule has 0 spiro atoms. The molecule has 4 aromatic rings. The summed E-state index contributed by atoms with van der Waals surface area (Å²) >= 11 is -1.72. The number of carbonyl (C=O) groups excluding carboxylic acids is 1. The molecule has 3 N–H and O–H groups in total. The summed E-state index contributed by atoms with van der Waals surface area (Å²) in [6.07, 6.45) is 2.19. The fourth-order valence-corrected chi connectivity index (χ4v) is 11.1. The van der Waals surface area contributed by atoms with Crippen LogP contribution < -0.4 is 10.1 Å². The van der Waals surface area contributed by atoms with Gasteiger partial charge in [-0.2, -0.15) is 0 Å². The number of carboxylic acids is 2. The van der Waals surface area contributed by atoms with Crippen molar-refractivity contribution in [2.45, 2.75) is 35.0 Å². The Labute approximate surface area is 267 Å². The molecule has 1 aliphatic rings. The van der Waals surface area contributed by atoms with Crippen LogP contribution in [0.1, 0.15) is 44.7 Å². The minimum absolute atomic E-state index is 0.0000645. The van der Waals surface area contributed by atoms with Crippen molar-refractivity contribution in [1.82, 2.24) is 4.90 Å². The molecule has 1 saturated heterocycles. The number of nitrogens with one attached hydrogen (secondary N) is 1. The molecule has 2 atom stereocenters. The van der Waals surface area contributed by atoms with Crippen LogP contribution in [0.15, 0.2) is 103 Å². The van der Waals surface area contributed by atoms with Crippen molar-refractivity contribution in [3.05, 3.63) is 125 Å². The Morgan fingerprint density at radius 2 is 1.38 bits per heavy atom. The first-order valence-corrected chi connectivity index (χ1v) is 19.0. The second kappa shape index (κ2) is 15.6. The zero-order valence-corrected chi connectivity index (χ0v) is 26.8. The Morgan fingerprint density at radius 1 is 0.778 bits per heavy atom. The van der Waals surface area contributed by atoms with E-state index in [1.807, 2.05) is 78.9 Å². The third kappa shape index (κ3) is 9.80. The van der Waals surface area contributed by atoms with Crippen molar-refractivity contribution in [2.24, 2.45) is 5.92 Å². The molecule has 1 aliphatic heterocycles. The van der Waals surface area contributed by atoms with Gasteiger partial charge in [0.25, 0.3) is 0 Å². The number of hydrogen-bond acceptors (Lipinski definition) is 5. The molecule has 0 aliphatic carbocycles. The Kier molecular flexibility index (Phi) is 11.1. The van der Waals surface area contributed by atoms with Gasteiger partial charge in [-0.25, -0.2) is 0 Å². The number of benzene rings is 4. The van der Waals surface area contributed by atoms with Crippen LogP contribution in [0.5, 0.6) is 11.5 Å². The predicted octanol–water partition coefficient (Wildman–Crippen LogP) is 7.00. The SMILES string of the molecule is O=C(C[As](Cc1ccc(C(=O)O)cc1)CC1CCCN(Cc2ccc(C(=O)O)cc2)C1)Nc1ccc(Oc2ccccc2)cc1. The van der Waals surface area contributed by atoms with Crippen LogP contribution in [0.3, 0.4) is 0 Å². The van der Waals surface area contributed by atoms with Crippen LogP contribution in [-0.2, 0) is 16.5 Å².